The molecule has 79 valence electrons. The van der Waals surface area contributed by atoms with Gasteiger partial charge in [-0.15, -0.1) is 0 Å². The van der Waals surface area contributed by atoms with Crippen LogP contribution in [-0.2, 0) is 4.74 Å². The molecule has 0 aromatic rings. The van der Waals surface area contributed by atoms with Crippen LogP contribution in [0, 0.1) is 6.92 Å². The van der Waals surface area contributed by atoms with Gasteiger partial charge in [-0.3, -0.25) is 0 Å². The molecule has 0 aliphatic carbocycles. The van der Waals surface area contributed by atoms with Gasteiger partial charge in [-0.1, -0.05) is 51.9 Å². The largest absolute Gasteiger partial charge is 0.381 e. The number of ether oxygens (including phenoxy) is 1. The summed E-state index contributed by atoms with van der Waals surface area (Å²) in [4.78, 5) is 0. The Morgan fingerprint density at radius 2 is 1.54 bits per heavy atom. The zero-order chi connectivity index (χ0) is 9.94. The highest BCUT2D eigenvalue weighted by molar-refractivity contribution is 4.58. The van der Waals surface area contributed by atoms with Crippen LogP contribution in [0.1, 0.15) is 58.3 Å². The summed E-state index contributed by atoms with van der Waals surface area (Å²) in [7, 11) is 1.74. The molecule has 0 aliphatic heterocycles. The van der Waals surface area contributed by atoms with Gasteiger partial charge in [0.1, 0.15) is 0 Å². The first-order valence-corrected chi connectivity index (χ1v) is 5.67. The Morgan fingerprint density at radius 1 is 1.00 bits per heavy atom. The predicted octanol–water partition coefficient (Wildman–Crippen LogP) is 3.98. The Balaban J connectivity index is 2.91. The van der Waals surface area contributed by atoms with Crippen molar-refractivity contribution in [3.8, 4) is 0 Å². The fourth-order valence-electron chi connectivity index (χ4n) is 1.45. The average Bonchev–Trinajstić information content (AvgIpc) is 2.16. The molecular weight excluding hydrogens is 160 g/mol. The fourth-order valence-corrected chi connectivity index (χ4v) is 1.45. The smallest absolute Gasteiger partial charge is 0.0572 e. The van der Waals surface area contributed by atoms with Gasteiger partial charge in [0.2, 0.25) is 0 Å². The Bertz CT molecular complexity index is 91.1. The minimum atomic E-state index is 0.204. The molecule has 0 spiro atoms. The highest BCUT2D eigenvalue weighted by Gasteiger charge is 1.98. The van der Waals surface area contributed by atoms with Gasteiger partial charge in [0.25, 0.3) is 0 Å². The molecular formula is C12H25O. The zero-order valence-corrected chi connectivity index (χ0v) is 9.35. The molecule has 0 aromatic heterocycles. The van der Waals surface area contributed by atoms with Crippen LogP contribution in [0.3, 0.4) is 0 Å². The van der Waals surface area contributed by atoms with Crippen molar-refractivity contribution in [2.75, 3.05) is 7.11 Å². The van der Waals surface area contributed by atoms with E-state index in [-0.39, 0.29) is 6.10 Å². The van der Waals surface area contributed by atoms with Gasteiger partial charge in [-0.05, 0) is 13.3 Å². The first-order chi connectivity index (χ1) is 6.31. The van der Waals surface area contributed by atoms with Gasteiger partial charge in [0, 0.05) is 7.11 Å². The highest BCUT2D eigenvalue weighted by Crippen LogP contribution is 2.10. The molecule has 0 N–H and O–H groups in total. The third kappa shape index (κ3) is 9.88. The van der Waals surface area contributed by atoms with E-state index in [1.165, 1.54) is 44.9 Å². The Morgan fingerprint density at radius 3 is 2.08 bits per heavy atom. The summed E-state index contributed by atoms with van der Waals surface area (Å²) in [6.07, 6.45) is 10.9. The Hall–Kier alpha value is -0.0400. The van der Waals surface area contributed by atoms with Crippen LogP contribution in [-0.4, -0.2) is 13.2 Å². The maximum absolute atomic E-state index is 5.08. The summed E-state index contributed by atoms with van der Waals surface area (Å²) in [5.74, 6) is 0. The van der Waals surface area contributed by atoms with Crippen LogP contribution in [0.4, 0.5) is 0 Å². The van der Waals surface area contributed by atoms with E-state index in [9.17, 15) is 0 Å². The Kier molecular flexibility index (Phi) is 10.0. The predicted molar refractivity (Wildman–Crippen MR) is 58.8 cm³/mol. The summed E-state index contributed by atoms with van der Waals surface area (Å²) >= 11 is 0. The van der Waals surface area contributed by atoms with Crippen molar-refractivity contribution in [3.63, 3.8) is 0 Å². The van der Waals surface area contributed by atoms with E-state index in [4.69, 9.17) is 4.74 Å². The molecule has 0 aliphatic rings. The summed E-state index contributed by atoms with van der Waals surface area (Å²) < 4.78 is 5.08. The van der Waals surface area contributed by atoms with E-state index in [0.29, 0.717) is 0 Å². The number of hydrogen-bond donors (Lipinski definition) is 0. The highest BCUT2D eigenvalue weighted by atomic mass is 16.5. The minimum absolute atomic E-state index is 0.204. The van der Waals surface area contributed by atoms with Gasteiger partial charge in [0.05, 0.1) is 6.10 Å². The number of rotatable bonds is 9. The number of unbranched alkanes of at least 4 members (excludes halogenated alkanes) is 6. The maximum atomic E-state index is 5.08. The molecule has 0 saturated heterocycles. The molecule has 1 radical (unpaired) electrons. The normalized spacial score (nSPS) is 13.2. The molecule has 0 aromatic carbocycles. The molecule has 1 heteroatoms. The second kappa shape index (κ2) is 10.0. The summed E-state index contributed by atoms with van der Waals surface area (Å²) in [5.41, 5.74) is 0. The van der Waals surface area contributed by atoms with Crippen molar-refractivity contribution >= 4 is 0 Å². The lowest BCUT2D eigenvalue weighted by atomic mass is 10.1. The quantitative estimate of drug-likeness (QED) is 0.494. The first-order valence-electron chi connectivity index (χ1n) is 5.67. The van der Waals surface area contributed by atoms with Gasteiger partial charge in [-0.2, -0.15) is 0 Å². The maximum Gasteiger partial charge on any atom is 0.0572 e. The van der Waals surface area contributed by atoms with E-state index >= 15 is 0 Å². The van der Waals surface area contributed by atoms with Crippen molar-refractivity contribution in [2.24, 2.45) is 0 Å². The molecule has 0 heterocycles. The number of hydrogen-bond acceptors (Lipinski definition) is 1. The molecule has 0 rings (SSSR count). The second-order valence-corrected chi connectivity index (χ2v) is 3.77. The van der Waals surface area contributed by atoms with Crippen molar-refractivity contribution < 1.29 is 4.74 Å². The lowest BCUT2D eigenvalue weighted by Crippen LogP contribution is -2.04. The standard InChI is InChI=1S/C12H25O/c1-4-5-6-7-8-9-10-11-12(2)13-3/h12H,2,4-11H2,1,3H3. The van der Waals surface area contributed by atoms with Gasteiger partial charge in [-0.25, -0.2) is 0 Å². The van der Waals surface area contributed by atoms with E-state index in [1.807, 2.05) is 0 Å². The van der Waals surface area contributed by atoms with E-state index < -0.39 is 0 Å². The number of methoxy groups -OCH3 is 1. The van der Waals surface area contributed by atoms with Crippen LogP contribution in [0.2, 0.25) is 0 Å². The van der Waals surface area contributed by atoms with E-state index in [0.717, 1.165) is 6.42 Å². The minimum Gasteiger partial charge on any atom is -0.381 e. The average molecular weight is 185 g/mol. The van der Waals surface area contributed by atoms with Crippen LogP contribution >= 0.6 is 0 Å². The molecule has 0 fully saturated rings. The van der Waals surface area contributed by atoms with Crippen molar-refractivity contribution in [2.45, 2.75) is 64.4 Å². The summed E-state index contributed by atoms with van der Waals surface area (Å²) in [5, 5.41) is 0. The monoisotopic (exact) mass is 185 g/mol. The Labute approximate surface area is 83.9 Å². The molecule has 1 atom stereocenters. The van der Waals surface area contributed by atoms with Gasteiger partial charge < -0.3 is 4.74 Å². The van der Waals surface area contributed by atoms with Crippen molar-refractivity contribution in [3.05, 3.63) is 6.92 Å². The lowest BCUT2D eigenvalue weighted by Gasteiger charge is -2.07. The lowest BCUT2D eigenvalue weighted by molar-refractivity contribution is 0.129. The van der Waals surface area contributed by atoms with Crippen LogP contribution in [0.15, 0.2) is 0 Å². The third-order valence-electron chi connectivity index (χ3n) is 2.46. The topological polar surface area (TPSA) is 9.23 Å². The van der Waals surface area contributed by atoms with Crippen LogP contribution < -0.4 is 0 Å². The molecule has 1 nitrogen and oxygen atoms in total. The molecule has 13 heavy (non-hydrogen) atoms. The summed E-state index contributed by atoms with van der Waals surface area (Å²) in [6, 6.07) is 0. The van der Waals surface area contributed by atoms with Crippen LogP contribution in [0.5, 0.6) is 0 Å². The van der Waals surface area contributed by atoms with Gasteiger partial charge in [0.15, 0.2) is 0 Å². The van der Waals surface area contributed by atoms with E-state index in [2.05, 4.69) is 13.8 Å². The molecule has 0 bridgehead atoms. The molecule has 1 unspecified atom stereocenters. The van der Waals surface area contributed by atoms with Gasteiger partial charge >= 0.3 is 0 Å². The molecule has 0 amide bonds. The van der Waals surface area contributed by atoms with Crippen molar-refractivity contribution in [1.82, 2.24) is 0 Å². The van der Waals surface area contributed by atoms with Crippen molar-refractivity contribution in [1.29, 1.82) is 0 Å². The summed E-state index contributed by atoms with van der Waals surface area (Å²) in [6.45, 7) is 6.14. The van der Waals surface area contributed by atoms with E-state index in [1.54, 1.807) is 7.11 Å². The fraction of sp³-hybridized carbons (Fsp3) is 0.917. The third-order valence-corrected chi connectivity index (χ3v) is 2.46. The SMILES string of the molecule is [CH2]C(CCCCCCCCC)OC. The zero-order valence-electron chi connectivity index (χ0n) is 9.35. The first kappa shape index (κ1) is 13.0. The second-order valence-electron chi connectivity index (χ2n) is 3.77. The van der Waals surface area contributed by atoms with Crippen LogP contribution in [0.25, 0.3) is 0 Å². The molecule has 0 saturated carbocycles.